The lowest BCUT2D eigenvalue weighted by Gasteiger charge is -2.27. The molecule has 0 spiro atoms. The first-order valence-corrected chi connectivity index (χ1v) is 9.46. The van der Waals surface area contributed by atoms with Crippen molar-refractivity contribution in [2.24, 2.45) is 0 Å². The summed E-state index contributed by atoms with van der Waals surface area (Å²) in [5.41, 5.74) is -0.967. The quantitative estimate of drug-likeness (QED) is 0.325. The normalized spacial score (nSPS) is 11.7. The molecule has 2 aromatic carbocycles. The van der Waals surface area contributed by atoms with E-state index in [1.807, 2.05) is 21.2 Å². The van der Waals surface area contributed by atoms with Crippen molar-refractivity contribution in [3.63, 3.8) is 0 Å². The van der Waals surface area contributed by atoms with Gasteiger partial charge in [0.25, 0.3) is 0 Å². The highest BCUT2D eigenvalue weighted by Gasteiger charge is 2.58. The van der Waals surface area contributed by atoms with Crippen LogP contribution in [0, 0.1) is 11.2 Å². The number of alkyl halides is 4. The van der Waals surface area contributed by atoms with E-state index in [1.54, 1.807) is 0 Å². The zero-order valence-corrected chi connectivity index (χ0v) is 14.0. The van der Waals surface area contributed by atoms with Gasteiger partial charge in [0.1, 0.15) is 0 Å². The molecule has 0 unspecified atom stereocenters. The van der Waals surface area contributed by atoms with Gasteiger partial charge in [-0.1, -0.05) is 48.4 Å². The molecule has 0 atom stereocenters. The monoisotopic (exact) mass is 436 g/mol. The van der Waals surface area contributed by atoms with E-state index < -0.39 is 23.0 Å². The third kappa shape index (κ3) is 3.41. The summed E-state index contributed by atoms with van der Waals surface area (Å²) in [5.74, 6) is -5.88. The molecule has 2 rings (SSSR count). The Morgan fingerprint density at radius 3 is 1.77 bits per heavy atom. The van der Waals surface area contributed by atoms with Gasteiger partial charge in [-0.2, -0.15) is 17.6 Å². The van der Waals surface area contributed by atoms with Crippen LogP contribution in [-0.4, -0.2) is 0 Å². The number of hydrogen-bond acceptors (Lipinski definition) is 1. The molecule has 0 heterocycles. The molecule has 0 aliphatic heterocycles. The number of rotatable bonds is 3. The summed E-state index contributed by atoms with van der Waals surface area (Å²) in [6.45, 7) is 0. The molecule has 2 aromatic rings. The van der Waals surface area contributed by atoms with Gasteiger partial charge in [0, 0.05) is 37.9 Å². The topological polar surface area (TPSA) is 0 Å². The second-order valence-electron chi connectivity index (χ2n) is 4.40. The fourth-order valence-electron chi connectivity index (χ4n) is 1.85. The molecule has 0 bridgehead atoms. The van der Waals surface area contributed by atoms with Crippen LogP contribution in [0.25, 0.3) is 0 Å². The van der Waals surface area contributed by atoms with Crippen molar-refractivity contribution in [3.05, 3.63) is 71.3 Å². The minimum absolute atomic E-state index is 0.492. The highest BCUT2D eigenvalue weighted by molar-refractivity contribution is 14.2. The number of hydrogen-bond donors (Lipinski definition) is 0. The van der Waals surface area contributed by atoms with Crippen LogP contribution in [-0.2, 0) is 11.8 Å². The Morgan fingerprint density at radius 2 is 1.27 bits per heavy atom. The summed E-state index contributed by atoms with van der Waals surface area (Å²) in [6.07, 6.45) is 0. The Kier molecular flexibility index (Phi) is 5.40. The van der Waals surface area contributed by atoms with Gasteiger partial charge in [0.2, 0.25) is 0 Å². The molecule has 0 aliphatic carbocycles. The maximum Gasteiger partial charge on any atom is 0.339 e. The van der Waals surface area contributed by atoms with E-state index in [-0.39, 0.29) is 0 Å². The van der Waals surface area contributed by atoms with E-state index in [4.69, 9.17) is 0 Å². The van der Waals surface area contributed by atoms with Crippen molar-refractivity contribution in [1.29, 1.82) is 0 Å². The molecule has 22 heavy (non-hydrogen) atoms. The van der Waals surface area contributed by atoms with Crippen molar-refractivity contribution in [3.8, 4) is 11.2 Å². The van der Waals surface area contributed by atoms with Crippen LogP contribution in [0.2, 0.25) is 0 Å². The average molecular weight is 436 g/mol. The third-order valence-electron chi connectivity index (χ3n) is 3.01. The molecule has 0 aliphatic rings. The van der Waals surface area contributed by atoms with Crippen LogP contribution in [0.1, 0.15) is 16.7 Å². The van der Waals surface area contributed by atoms with Crippen LogP contribution in [0.4, 0.5) is 17.6 Å². The Bertz CT molecular complexity index is 688. The van der Waals surface area contributed by atoms with E-state index in [0.29, 0.717) is 5.56 Å². The van der Waals surface area contributed by atoms with Gasteiger partial charge in [-0.15, -0.1) is 0 Å². The van der Waals surface area contributed by atoms with Gasteiger partial charge in [-0.05, 0) is 26.3 Å². The average Bonchev–Trinajstić information content (AvgIpc) is 2.54. The standard InChI is InChI=1S/C16H9F4IS/c17-15(18,13-4-2-1-3-5-13)16(19,20)14-8-6-12(7-9-14)10-11-22-21/h1-9H. The molecule has 0 aromatic heterocycles. The van der Waals surface area contributed by atoms with Crippen LogP contribution < -0.4 is 0 Å². The lowest BCUT2D eigenvalue weighted by Crippen LogP contribution is -2.35. The third-order valence-corrected chi connectivity index (χ3v) is 3.85. The zero-order valence-electron chi connectivity index (χ0n) is 11.0. The first kappa shape index (κ1) is 17.2. The fourth-order valence-corrected chi connectivity index (χ4v) is 2.34. The highest BCUT2D eigenvalue weighted by Crippen LogP contribution is 2.49. The Morgan fingerprint density at radius 1 is 0.773 bits per heavy atom. The molecule has 0 N–H and O–H groups in total. The Hall–Kier alpha value is -1.20. The van der Waals surface area contributed by atoms with E-state index in [2.05, 4.69) is 11.2 Å². The smallest absolute Gasteiger partial charge is 0.194 e. The summed E-state index contributed by atoms with van der Waals surface area (Å²) >= 11 is 1.97. The van der Waals surface area contributed by atoms with Crippen LogP contribution >= 0.6 is 30.1 Å². The summed E-state index contributed by atoms with van der Waals surface area (Å²) in [5, 5.41) is 2.70. The van der Waals surface area contributed by atoms with Gasteiger partial charge in [0.05, 0.1) is 0 Å². The molecule has 0 radical (unpaired) electrons. The lowest BCUT2D eigenvalue weighted by molar-refractivity contribution is -0.223. The minimum atomic E-state index is -4.31. The first-order chi connectivity index (χ1) is 10.4. The number of halogens is 5. The van der Waals surface area contributed by atoms with Crippen molar-refractivity contribution >= 4 is 30.1 Å². The van der Waals surface area contributed by atoms with E-state index in [1.165, 1.54) is 39.3 Å². The molecule has 0 saturated heterocycles. The molecule has 0 amide bonds. The highest BCUT2D eigenvalue weighted by atomic mass is 127. The van der Waals surface area contributed by atoms with E-state index in [0.717, 1.165) is 24.3 Å². The molecule has 0 fully saturated rings. The molecular weight excluding hydrogens is 427 g/mol. The zero-order chi connectivity index (χ0) is 16.2. The van der Waals surface area contributed by atoms with Crippen LogP contribution in [0.15, 0.2) is 54.6 Å². The van der Waals surface area contributed by atoms with Gasteiger partial charge in [0.15, 0.2) is 0 Å². The lowest BCUT2D eigenvalue weighted by atomic mass is 9.95. The second kappa shape index (κ2) is 6.92. The van der Waals surface area contributed by atoms with Gasteiger partial charge in [-0.3, -0.25) is 0 Å². The fraction of sp³-hybridized carbons (Fsp3) is 0.125. The molecule has 6 heteroatoms. The van der Waals surface area contributed by atoms with Crippen molar-refractivity contribution < 1.29 is 17.6 Å². The molecular formula is C16H9F4IS. The van der Waals surface area contributed by atoms with Gasteiger partial charge in [-0.25, -0.2) is 0 Å². The maximum absolute atomic E-state index is 14.2. The van der Waals surface area contributed by atoms with E-state index in [9.17, 15) is 17.6 Å². The maximum atomic E-state index is 14.2. The largest absolute Gasteiger partial charge is 0.339 e. The molecule has 114 valence electrons. The van der Waals surface area contributed by atoms with Crippen molar-refractivity contribution in [2.45, 2.75) is 11.8 Å². The van der Waals surface area contributed by atoms with E-state index >= 15 is 0 Å². The summed E-state index contributed by atoms with van der Waals surface area (Å²) < 4.78 is 56.7. The molecule has 0 nitrogen and oxygen atoms in total. The minimum Gasteiger partial charge on any atom is -0.194 e. The van der Waals surface area contributed by atoms with Crippen molar-refractivity contribution in [1.82, 2.24) is 0 Å². The predicted octanol–water partition coefficient (Wildman–Crippen LogP) is 5.96. The van der Waals surface area contributed by atoms with Gasteiger partial charge >= 0.3 is 11.8 Å². The summed E-state index contributed by atoms with van der Waals surface area (Å²) in [7, 11) is 1.25. The SMILES string of the molecule is FC(F)(c1ccccc1)C(F)(F)c1ccc(C#CSI)cc1. The first-order valence-electron chi connectivity index (χ1n) is 6.10. The van der Waals surface area contributed by atoms with Crippen molar-refractivity contribution in [2.75, 3.05) is 0 Å². The van der Waals surface area contributed by atoms with Gasteiger partial charge < -0.3 is 0 Å². The summed E-state index contributed by atoms with van der Waals surface area (Å²) in [4.78, 5) is 0. The predicted molar refractivity (Wildman–Crippen MR) is 89.2 cm³/mol. The van der Waals surface area contributed by atoms with Crippen LogP contribution in [0.5, 0.6) is 0 Å². The number of benzene rings is 2. The second-order valence-corrected chi connectivity index (χ2v) is 6.08. The Balaban J connectivity index is 2.37. The Labute approximate surface area is 141 Å². The summed E-state index contributed by atoms with van der Waals surface area (Å²) in [6, 6.07) is 10.7. The van der Waals surface area contributed by atoms with Crippen LogP contribution in [0.3, 0.4) is 0 Å². The molecule has 0 saturated carbocycles.